The highest BCUT2D eigenvalue weighted by atomic mass is 16.1. The molecule has 0 aromatic carbocycles. The van der Waals surface area contributed by atoms with Crippen molar-refractivity contribution in [2.45, 2.75) is 19.3 Å². The summed E-state index contributed by atoms with van der Waals surface area (Å²) in [5, 5.41) is 0. The number of aldehydes is 1. The highest BCUT2D eigenvalue weighted by Crippen LogP contribution is 2.09. The van der Waals surface area contributed by atoms with Gasteiger partial charge < -0.3 is 4.90 Å². The molecule has 0 atom stereocenters. The summed E-state index contributed by atoms with van der Waals surface area (Å²) >= 11 is 0. The highest BCUT2D eigenvalue weighted by molar-refractivity contribution is 5.76. The highest BCUT2D eigenvalue weighted by Gasteiger charge is 2.05. The van der Waals surface area contributed by atoms with Gasteiger partial charge in [-0.05, 0) is 19.3 Å². The molecule has 1 rings (SSSR count). The Kier molecular flexibility index (Phi) is 3.58. The van der Waals surface area contributed by atoms with Crippen molar-refractivity contribution in [3.05, 3.63) is 24.4 Å². The summed E-state index contributed by atoms with van der Waals surface area (Å²) in [5.41, 5.74) is 0.678. The van der Waals surface area contributed by atoms with Crippen LogP contribution in [0.4, 0.5) is 0 Å². The molecule has 0 spiro atoms. The number of nitrogens with zero attached hydrogens (tertiary/aromatic N) is 1. The predicted octanol–water partition coefficient (Wildman–Crippen LogP) is 1.74. The summed E-state index contributed by atoms with van der Waals surface area (Å²) in [6, 6.07) is 0. The quantitative estimate of drug-likeness (QED) is 0.360. The van der Waals surface area contributed by atoms with Crippen molar-refractivity contribution >= 4 is 6.29 Å². The molecule has 12 heavy (non-hydrogen) atoms. The van der Waals surface area contributed by atoms with E-state index in [9.17, 15) is 4.79 Å². The van der Waals surface area contributed by atoms with Gasteiger partial charge in [0.25, 0.3) is 0 Å². The van der Waals surface area contributed by atoms with E-state index in [1.165, 1.54) is 19.3 Å². The molecular formula is C10H15NO. The summed E-state index contributed by atoms with van der Waals surface area (Å²) in [5.74, 6) is 0. The fourth-order valence-corrected chi connectivity index (χ4v) is 1.39. The van der Waals surface area contributed by atoms with Crippen molar-refractivity contribution in [2.24, 2.45) is 0 Å². The van der Waals surface area contributed by atoms with Crippen LogP contribution in [0.5, 0.6) is 0 Å². The van der Waals surface area contributed by atoms with Crippen LogP contribution < -0.4 is 0 Å². The van der Waals surface area contributed by atoms with Crippen molar-refractivity contribution in [3.63, 3.8) is 0 Å². The zero-order valence-corrected chi connectivity index (χ0v) is 7.33. The van der Waals surface area contributed by atoms with E-state index in [1.54, 1.807) is 6.08 Å². The summed E-state index contributed by atoms with van der Waals surface area (Å²) < 4.78 is 0. The van der Waals surface area contributed by atoms with Crippen molar-refractivity contribution in [3.8, 4) is 0 Å². The minimum absolute atomic E-state index is 0.678. The molecule has 2 nitrogen and oxygen atoms in total. The summed E-state index contributed by atoms with van der Waals surface area (Å²) in [6.45, 7) is 5.72. The standard InChI is InChI=1S/C10H15NO/c1-2-10(9-12)8-11-6-4-3-5-7-11/h2,8-9H,1,3-7H2/b10-8-. The van der Waals surface area contributed by atoms with Gasteiger partial charge in [-0.2, -0.15) is 0 Å². The van der Waals surface area contributed by atoms with E-state index < -0.39 is 0 Å². The Hall–Kier alpha value is -1.05. The van der Waals surface area contributed by atoms with Crippen LogP contribution in [-0.4, -0.2) is 24.3 Å². The maximum Gasteiger partial charge on any atom is 0.151 e. The fraction of sp³-hybridized carbons (Fsp3) is 0.500. The first-order chi connectivity index (χ1) is 5.86. The van der Waals surface area contributed by atoms with Crippen LogP contribution in [-0.2, 0) is 4.79 Å². The lowest BCUT2D eigenvalue weighted by atomic mass is 10.1. The Morgan fingerprint density at radius 1 is 1.25 bits per heavy atom. The van der Waals surface area contributed by atoms with Crippen molar-refractivity contribution in [2.75, 3.05) is 13.1 Å². The molecule has 0 unspecified atom stereocenters. The molecule has 1 heterocycles. The van der Waals surface area contributed by atoms with Crippen LogP contribution in [0, 0.1) is 0 Å². The van der Waals surface area contributed by atoms with Gasteiger partial charge in [0.2, 0.25) is 0 Å². The molecule has 0 radical (unpaired) electrons. The van der Waals surface area contributed by atoms with E-state index in [2.05, 4.69) is 11.5 Å². The first-order valence-electron chi connectivity index (χ1n) is 4.40. The lowest BCUT2D eigenvalue weighted by Crippen LogP contribution is -2.24. The predicted molar refractivity (Wildman–Crippen MR) is 49.8 cm³/mol. The van der Waals surface area contributed by atoms with Gasteiger partial charge in [0.05, 0.1) is 0 Å². The Labute approximate surface area is 73.6 Å². The number of hydrogen-bond acceptors (Lipinski definition) is 2. The minimum atomic E-state index is 0.678. The first kappa shape index (κ1) is 9.04. The lowest BCUT2D eigenvalue weighted by molar-refractivity contribution is -0.104. The largest absolute Gasteiger partial charge is 0.377 e. The second-order valence-corrected chi connectivity index (χ2v) is 3.05. The topological polar surface area (TPSA) is 20.3 Å². The van der Waals surface area contributed by atoms with E-state index in [-0.39, 0.29) is 0 Å². The van der Waals surface area contributed by atoms with Gasteiger partial charge in [-0.15, -0.1) is 0 Å². The number of likely N-dealkylation sites (tertiary alicyclic amines) is 1. The van der Waals surface area contributed by atoms with Gasteiger partial charge in [0.15, 0.2) is 6.29 Å². The SMILES string of the molecule is C=C/C(C=O)=C/N1CCCCC1. The molecule has 0 aliphatic carbocycles. The van der Waals surface area contributed by atoms with Crippen molar-refractivity contribution in [1.29, 1.82) is 0 Å². The van der Waals surface area contributed by atoms with Gasteiger partial charge in [-0.25, -0.2) is 0 Å². The summed E-state index contributed by atoms with van der Waals surface area (Å²) in [7, 11) is 0. The number of allylic oxidation sites excluding steroid dienone is 2. The molecule has 2 heteroatoms. The number of piperidine rings is 1. The van der Waals surface area contributed by atoms with Gasteiger partial charge in [-0.1, -0.05) is 12.7 Å². The Morgan fingerprint density at radius 2 is 1.92 bits per heavy atom. The Bertz CT molecular complexity index is 180. The van der Waals surface area contributed by atoms with E-state index >= 15 is 0 Å². The number of carbonyl (C=O) groups is 1. The van der Waals surface area contributed by atoms with Crippen molar-refractivity contribution < 1.29 is 4.79 Å². The van der Waals surface area contributed by atoms with Gasteiger partial charge in [-0.3, -0.25) is 4.79 Å². The number of carbonyl (C=O) groups excluding carboxylic acids is 1. The van der Waals surface area contributed by atoms with Gasteiger partial charge in [0, 0.05) is 24.9 Å². The molecule has 1 fully saturated rings. The van der Waals surface area contributed by atoms with Gasteiger partial charge in [0.1, 0.15) is 0 Å². The van der Waals surface area contributed by atoms with E-state index in [1.807, 2.05) is 6.20 Å². The molecule has 66 valence electrons. The first-order valence-corrected chi connectivity index (χ1v) is 4.40. The molecule has 0 aromatic heterocycles. The third-order valence-electron chi connectivity index (χ3n) is 2.09. The fourth-order valence-electron chi connectivity index (χ4n) is 1.39. The smallest absolute Gasteiger partial charge is 0.151 e. The Morgan fingerprint density at radius 3 is 2.42 bits per heavy atom. The molecule has 0 N–H and O–H groups in total. The monoisotopic (exact) mass is 165 g/mol. The summed E-state index contributed by atoms with van der Waals surface area (Å²) in [4.78, 5) is 12.6. The van der Waals surface area contributed by atoms with Crippen LogP contribution in [0.15, 0.2) is 24.4 Å². The maximum absolute atomic E-state index is 10.4. The average Bonchev–Trinajstić information content (AvgIpc) is 2.16. The van der Waals surface area contributed by atoms with E-state index in [0.29, 0.717) is 5.57 Å². The molecule has 0 saturated carbocycles. The zero-order valence-electron chi connectivity index (χ0n) is 7.33. The van der Waals surface area contributed by atoms with Crippen LogP contribution in [0.25, 0.3) is 0 Å². The van der Waals surface area contributed by atoms with Crippen LogP contribution >= 0.6 is 0 Å². The third-order valence-corrected chi connectivity index (χ3v) is 2.09. The second kappa shape index (κ2) is 4.75. The molecule has 1 aliphatic heterocycles. The molecule has 1 saturated heterocycles. The number of rotatable bonds is 3. The zero-order chi connectivity index (χ0) is 8.81. The Balaban J connectivity index is 2.50. The normalized spacial score (nSPS) is 19.0. The second-order valence-electron chi connectivity index (χ2n) is 3.05. The van der Waals surface area contributed by atoms with Crippen molar-refractivity contribution in [1.82, 2.24) is 4.90 Å². The van der Waals surface area contributed by atoms with Crippen LogP contribution in [0.1, 0.15) is 19.3 Å². The molecule has 0 aromatic rings. The lowest BCUT2D eigenvalue weighted by Gasteiger charge is -2.25. The molecular weight excluding hydrogens is 150 g/mol. The molecule has 1 aliphatic rings. The molecule has 0 amide bonds. The average molecular weight is 165 g/mol. The van der Waals surface area contributed by atoms with Crippen LogP contribution in [0.2, 0.25) is 0 Å². The maximum atomic E-state index is 10.4. The van der Waals surface area contributed by atoms with Gasteiger partial charge >= 0.3 is 0 Å². The van der Waals surface area contributed by atoms with Crippen LogP contribution in [0.3, 0.4) is 0 Å². The third kappa shape index (κ3) is 2.53. The minimum Gasteiger partial charge on any atom is -0.377 e. The summed E-state index contributed by atoms with van der Waals surface area (Å²) in [6.07, 6.45) is 8.14. The van der Waals surface area contributed by atoms with E-state index in [0.717, 1.165) is 19.4 Å². The molecule has 0 bridgehead atoms. The van der Waals surface area contributed by atoms with E-state index in [4.69, 9.17) is 0 Å². The number of hydrogen-bond donors (Lipinski definition) is 0.